The predicted octanol–water partition coefficient (Wildman–Crippen LogP) is 4.13. The van der Waals surface area contributed by atoms with Gasteiger partial charge in [-0.05, 0) is 57.7 Å². The van der Waals surface area contributed by atoms with E-state index < -0.39 is 10.8 Å². The second kappa shape index (κ2) is 7.71. The van der Waals surface area contributed by atoms with Crippen LogP contribution in [0.2, 0.25) is 0 Å². The first kappa shape index (κ1) is 21.7. The summed E-state index contributed by atoms with van der Waals surface area (Å²) in [6.45, 7) is 7.08. The van der Waals surface area contributed by atoms with Crippen molar-refractivity contribution < 1.29 is 23.9 Å². The number of nitrogens with zero attached hydrogens (tertiary/aromatic N) is 2. The molecule has 4 atom stereocenters. The van der Waals surface area contributed by atoms with Crippen molar-refractivity contribution in [2.75, 3.05) is 18.1 Å². The summed E-state index contributed by atoms with van der Waals surface area (Å²) in [5.41, 5.74) is -0.415. The molecule has 0 N–H and O–H groups in total. The summed E-state index contributed by atoms with van der Waals surface area (Å²) in [7, 11) is 0. The van der Waals surface area contributed by atoms with Gasteiger partial charge >= 0.3 is 0 Å². The lowest BCUT2D eigenvalue weighted by atomic mass is 9.59. The quantitative estimate of drug-likeness (QED) is 0.337. The monoisotopic (exact) mass is 456 g/mol. The van der Waals surface area contributed by atoms with Gasteiger partial charge in [-0.25, -0.2) is 9.88 Å². The van der Waals surface area contributed by atoms with Crippen LogP contribution in [-0.4, -0.2) is 48.0 Å². The number of rotatable bonds is 8. The lowest BCUT2D eigenvalue weighted by Gasteiger charge is -2.36. The van der Waals surface area contributed by atoms with Crippen molar-refractivity contribution in [2.24, 2.45) is 10.8 Å². The Morgan fingerprint density at radius 1 is 1.19 bits per heavy atom. The molecule has 3 aliphatic rings. The fourth-order valence-corrected chi connectivity index (χ4v) is 6.51. The molecule has 0 unspecified atom stereocenters. The van der Waals surface area contributed by atoms with E-state index in [1.807, 2.05) is 19.9 Å². The fourth-order valence-electron chi connectivity index (χ4n) is 5.51. The molecule has 3 aliphatic heterocycles. The summed E-state index contributed by atoms with van der Waals surface area (Å²) in [6.07, 6.45) is 3.23. The SMILES string of the molecule is CCCOCCCC(=O)c1ccc2nc(N3C(=O)[C@@]4(C)[C@@H]5CC[C@@H](O5)[C@@]4(C)C3=O)sc2c1. The Balaban J connectivity index is 1.39. The number of thiazole rings is 1. The molecule has 5 rings (SSSR count). The van der Waals surface area contributed by atoms with Gasteiger partial charge in [-0.15, -0.1) is 0 Å². The van der Waals surface area contributed by atoms with Crippen molar-refractivity contribution in [1.29, 1.82) is 0 Å². The fraction of sp³-hybridized carbons (Fsp3) is 0.583. The minimum atomic E-state index is -0.855. The number of ketones is 1. The van der Waals surface area contributed by atoms with Crippen LogP contribution in [0.3, 0.4) is 0 Å². The Bertz CT molecular complexity index is 1080. The number of imide groups is 1. The van der Waals surface area contributed by atoms with E-state index in [1.54, 1.807) is 12.1 Å². The Kier molecular flexibility index (Phi) is 5.22. The molecule has 4 heterocycles. The number of aromatic nitrogens is 1. The molecule has 3 fully saturated rings. The zero-order valence-electron chi connectivity index (χ0n) is 18.7. The van der Waals surface area contributed by atoms with Gasteiger partial charge in [0.05, 0.1) is 33.3 Å². The van der Waals surface area contributed by atoms with Gasteiger partial charge in [-0.3, -0.25) is 14.4 Å². The number of carbonyl (C=O) groups is 3. The summed E-state index contributed by atoms with van der Waals surface area (Å²) < 4.78 is 12.2. The molecule has 0 saturated carbocycles. The molecular weight excluding hydrogens is 428 g/mol. The third-order valence-electron chi connectivity index (χ3n) is 7.61. The predicted molar refractivity (Wildman–Crippen MR) is 121 cm³/mol. The van der Waals surface area contributed by atoms with Crippen LogP contribution in [0.25, 0.3) is 10.2 Å². The highest BCUT2D eigenvalue weighted by molar-refractivity contribution is 7.22. The second-order valence-electron chi connectivity index (χ2n) is 9.36. The third-order valence-corrected chi connectivity index (χ3v) is 8.62. The van der Waals surface area contributed by atoms with E-state index in [1.165, 1.54) is 16.2 Å². The molecule has 8 heteroatoms. The molecule has 32 heavy (non-hydrogen) atoms. The Labute approximate surface area is 191 Å². The van der Waals surface area contributed by atoms with Gasteiger partial charge in [0.15, 0.2) is 10.9 Å². The largest absolute Gasteiger partial charge is 0.381 e. The maximum Gasteiger partial charge on any atom is 0.245 e. The van der Waals surface area contributed by atoms with Crippen LogP contribution in [0.1, 0.15) is 63.2 Å². The first-order valence-corrected chi connectivity index (χ1v) is 12.2. The first-order valence-electron chi connectivity index (χ1n) is 11.4. The third kappa shape index (κ3) is 2.85. The van der Waals surface area contributed by atoms with Gasteiger partial charge in [-0.1, -0.05) is 18.3 Å². The average Bonchev–Trinajstić information content (AvgIpc) is 3.51. The standard InChI is InChI=1S/C24H28N2O5S/c1-4-11-30-12-5-6-16(27)14-7-8-15-17(13-14)32-22(25-15)26-20(28)23(2)18-9-10-19(31-18)24(23,3)21(26)29/h7-8,13,18-19H,4-6,9-12H2,1-3H3/t18-,19+,23+,24-. The number of anilines is 1. The van der Waals surface area contributed by atoms with Crippen LogP contribution in [0.15, 0.2) is 18.2 Å². The van der Waals surface area contributed by atoms with E-state index in [0.29, 0.717) is 42.3 Å². The molecule has 2 bridgehead atoms. The lowest BCUT2D eigenvalue weighted by Crippen LogP contribution is -2.48. The summed E-state index contributed by atoms with van der Waals surface area (Å²) in [5.74, 6) is -0.391. The van der Waals surface area contributed by atoms with Crippen molar-refractivity contribution >= 4 is 44.3 Å². The summed E-state index contributed by atoms with van der Waals surface area (Å²) in [6, 6.07) is 5.37. The Hall–Kier alpha value is -2.16. The number of ether oxygens (including phenoxy) is 2. The highest BCUT2D eigenvalue weighted by atomic mass is 32.1. The smallest absolute Gasteiger partial charge is 0.245 e. The molecule has 0 radical (unpaired) electrons. The number of benzene rings is 1. The summed E-state index contributed by atoms with van der Waals surface area (Å²) in [4.78, 5) is 45.4. The summed E-state index contributed by atoms with van der Waals surface area (Å²) >= 11 is 1.28. The zero-order valence-corrected chi connectivity index (χ0v) is 19.5. The molecule has 3 saturated heterocycles. The number of hydrogen-bond donors (Lipinski definition) is 0. The van der Waals surface area contributed by atoms with E-state index in [-0.39, 0.29) is 29.8 Å². The average molecular weight is 457 g/mol. The lowest BCUT2D eigenvalue weighted by molar-refractivity contribution is -0.132. The van der Waals surface area contributed by atoms with Crippen molar-refractivity contribution in [2.45, 2.75) is 65.1 Å². The zero-order chi connectivity index (χ0) is 22.7. The van der Waals surface area contributed by atoms with E-state index >= 15 is 0 Å². The minimum Gasteiger partial charge on any atom is -0.381 e. The van der Waals surface area contributed by atoms with Crippen LogP contribution >= 0.6 is 11.3 Å². The molecule has 170 valence electrons. The van der Waals surface area contributed by atoms with Gasteiger partial charge in [0.25, 0.3) is 0 Å². The summed E-state index contributed by atoms with van der Waals surface area (Å²) in [5, 5.41) is 0.379. The van der Waals surface area contributed by atoms with E-state index in [0.717, 1.165) is 24.0 Å². The molecule has 1 aromatic carbocycles. The van der Waals surface area contributed by atoms with Gasteiger partial charge in [0.1, 0.15) is 0 Å². The number of amides is 2. The maximum absolute atomic E-state index is 13.5. The molecular formula is C24H28N2O5S. The van der Waals surface area contributed by atoms with Gasteiger partial charge in [-0.2, -0.15) is 0 Å². The van der Waals surface area contributed by atoms with Crippen molar-refractivity contribution in [3.8, 4) is 0 Å². The number of fused-ring (bicyclic) bond motifs is 6. The highest BCUT2D eigenvalue weighted by Gasteiger charge is 2.77. The number of hydrogen-bond acceptors (Lipinski definition) is 7. The van der Waals surface area contributed by atoms with Crippen molar-refractivity contribution in [3.63, 3.8) is 0 Å². The van der Waals surface area contributed by atoms with Crippen LogP contribution in [0.5, 0.6) is 0 Å². The second-order valence-corrected chi connectivity index (χ2v) is 10.4. The van der Waals surface area contributed by atoms with E-state index in [2.05, 4.69) is 11.9 Å². The molecule has 1 aromatic heterocycles. The van der Waals surface area contributed by atoms with Crippen LogP contribution in [-0.2, 0) is 19.1 Å². The van der Waals surface area contributed by atoms with E-state index in [4.69, 9.17) is 9.47 Å². The topological polar surface area (TPSA) is 85.8 Å². The minimum absolute atomic E-state index is 0.0542. The van der Waals surface area contributed by atoms with Crippen molar-refractivity contribution in [1.82, 2.24) is 4.98 Å². The van der Waals surface area contributed by atoms with Crippen molar-refractivity contribution in [3.05, 3.63) is 23.8 Å². The highest BCUT2D eigenvalue weighted by Crippen LogP contribution is 2.64. The van der Waals surface area contributed by atoms with Crippen LogP contribution < -0.4 is 4.90 Å². The normalized spacial score (nSPS) is 31.2. The van der Waals surface area contributed by atoms with Crippen LogP contribution in [0.4, 0.5) is 5.13 Å². The number of Topliss-reactive ketones (excluding diaryl/α,β-unsaturated/α-hetero) is 1. The van der Waals surface area contributed by atoms with Gasteiger partial charge < -0.3 is 9.47 Å². The first-order chi connectivity index (χ1) is 15.3. The molecule has 2 aromatic rings. The van der Waals surface area contributed by atoms with Gasteiger partial charge in [0.2, 0.25) is 11.8 Å². The Morgan fingerprint density at radius 3 is 2.53 bits per heavy atom. The van der Waals surface area contributed by atoms with Gasteiger partial charge in [0, 0.05) is 25.2 Å². The number of carbonyl (C=O) groups excluding carboxylic acids is 3. The molecule has 7 nitrogen and oxygen atoms in total. The van der Waals surface area contributed by atoms with Crippen LogP contribution in [0, 0.1) is 10.8 Å². The molecule has 0 aliphatic carbocycles. The Morgan fingerprint density at radius 2 is 1.88 bits per heavy atom. The van der Waals surface area contributed by atoms with E-state index in [9.17, 15) is 14.4 Å². The molecule has 2 amide bonds. The maximum atomic E-state index is 13.5. The molecule has 0 spiro atoms.